The van der Waals surface area contributed by atoms with Crippen LogP contribution in [0, 0.1) is 0 Å². The lowest BCUT2D eigenvalue weighted by Crippen LogP contribution is -2.24. The first-order valence-electron chi connectivity index (χ1n) is 6.16. The van der Waals surface area contributed by atoms with Crippen LogP contribution in [-0.2, 0) is 4.79 Å². The Bertz CT molecular complexity index is 720. The number of nitrogens with zero attached hydrogens (tertiary/aromatic N) is 1. The van der Waals surface area contributed by atoms with Gasteiger partial charge in [-0.15, -0.1) is 0 Å². The van der Waals surface area contributed by atoms with Crippen molar-refractivity contribution in [2.24, 2.45) is 4.99 Å². The first-order valence-corrected chi connectivity index (χ1v) is 6.95. The fraction of sp³-hybridized carbons (Fsp3) is 0. The maximum atomic E-state index is 12.0. The van der Waals surface area contributed by atoms with Crippen LogP contribution in [0.2, 0.25) is 0 Å². The Kier molecular flexibility index (Phi) is 3.48. The van der Waals surface area contributed by atoms with Crippen molar-refractivity contribution in [3.05, 3.63) is 75.9 Å². The van der Waals surface area contributed by atoms with Crippen LogP contribution in [0.3, 0.4) is 0 Å². The molecule has 1 amide bonds. The summed E-state index contributed by atoms with van der Waals surface area (Å²) in [6.07, 6.45) is 1.78. The van der Waals surface area contributed by atoms with E-state index in [1.807, 2.05) is 54.6 Å². The number of aliphatic imine (C=N–C) groups is 1. The van der Waals surface area contributed by atoms with Crippen LogP contribution in [0.1, 0.15) is 11.1 Å². The molecule has 0 aromatic heterocycles. The third kappa shape index (κ3) is 2.56. The van der Waals surface area contributed by atoms with Crippen molar-refractivity contribution in [1.82, 2.24) is 5.32 Å². The molecule has 0 saturated carbocycles. The van der Waals surface area contributed by atoms with Crippen molar-refractivity contribution in [2.45, 2.75) is 0 Å². The van der Waals surface area contributed by atoms with Crippen molar-refractivity contribution < 1.29 is 4.79 Å². The van der Waals surface area contributed by atoms with Crippen molar-refractivity contribution >= 4 is 33.7 Å². The first kappa shape index (κ1) is 12.8. The van der Waals surface area contributed by atoms with E-state index in [-0.39, 0.29) is 5.91 Å². The number of carbonyl (C=O) groups excluding carboxylic acids is 1. The number of benzene rings is 2. The summed E-state index contributed by atoms with van der Waals surface area (Å²) in [6.45, 7) is 0. The molecule has 2 aromatic carbocycles. The van der Waals surface area contributed by atoms with Gasteiger partial charge in [-0.1, -0.05) is 64.5 Å². The van der Waals surface area contributed by atoms with E-state index in [9.17, 15) is 4.79 Å². The number of carbonyl (C=O) groups is 1. The van der Waals surface area contributed by atoms with E-state index >= 15 is 0 Å². The monoisotopic (exact) mass is 326 g/mol. The standard InChI is InChI=1S/C16H11BrN2O/c17-13-9-5-4-8-12(13)15-18-14(16(20)19-15)10-11-6-2-1-3-7-11/h1-10H,(H,18,19,20). The van der Waals surface area contributed by atoms with Crippen LogP contribution >= 0.6 is 15.9 Å². The van der Waals surface area contributed by atoms with Crippen LogP contribution in [0.5, 0.6) is 0 Å². The number of hydrogen-bond acceptors (Lipinski definition) is 2. The van der Waals surface area contributed by atoms with E-state index in [0.29, 0.717) is 11.5 Å². The summed E-state index contributed by atoms with van der Waals surface area (Å²) in [5.74, 6) is 0.393. The van der Waals surface area contributed by atoms with Gasteiger partial charge in [-0.05, 0) is 17.7 Å². The predicted octanol–water partition coefficient (Wildman–Crippen LogP) is 3.37. The summed E-state index contributed by atoms with van der Waals surface area (Å²) in [4.78, 5) is 16.3. The average molecular weight is 327 g/mol. The SMILES string of the molecule is O=C1NC(c2ccccc2Br)=NC1=Cc1ccccc1. The largest absolute Gasteiger partial charge is 0.305 e. The van der Waals surface area contributed by atoms with Gasteiger partial charge in [0.1, 0.15) is 11.5 Å². The number of hydrogen-bond donors (Lipinski definition) is 1. The summed E-state index contributed by atoms with van der Waals surface area (Å²) < 4.78 is 0.903. The smallest absolute Gasteiger partial charge is 0.275 e. The first-order chi connectivity index (χ1) is 9.74. The van der Waals surface area contributed by atoms with Crippen molar-refractivity contribution in [2.75, 3.05) is 0 Å². The Balaban J connectivity index is 1.98. The molecular formula is C16H11BrN2O. The van der Waals surface area contributed by atoms with Gasteiger partial charge in [0.15, 0.2) is 0 Å². The third-order valence-electron chi connectivity index (χ3n) is 2.93. The highest BCUT2D eigenvalue weighted by Gasteiger charge is 2.22. The zero-order valence-corrected chi connectivity index (χ0v) is 12.1. The van der Waals surface area contributed by atoms with Gasteiger partial charge >= 0.3 is 0 Å². The van der Waals surface area contributed by atoms with Gasteiger partial charge in [-0.2, -0.15) is 0 Å². The Morgan fingerprint density at radius 3 is 2.45 bits per heavy atom. The van der Waals surface area contributed by atoms with E-state index in [4.69, 9.17) is 0 Å². The summed E-state index contributed by atoms with van der Waals surface area (Å²) in [5, 5.41) is 2.79. The van der Waals surface area contributed by atoms with Gasteiger partial charge in [0.05, 0.1) is 0 Å². The van der Waals surface area contributed by atoms with Crippen LogP contribution in [0.4, 0.5) is 0 Å². The van der Waals surface area contributed by atoms with Crippen LogP contribution < -0.4 is 5.32 Å². The predicted molar refractivity (Wildman–Crippen MR) is 83.2 cm³/mol. The molecule has 0 atom stereocenters. The molecule has 1 aliphatic rings. The number of amidine groups is 1. The van der Waals surface area contributed by atoms with Crippen LogP contribution in [0.25, 0.3) is 6.08 Å². The van der Waals surface area contributed by atoms with E-state index in [1.54, 1.807) is 6.08 Å². The fourth-order valence-electron chi connectivity index (χ4n) is 1.96. The molecule has 0 bridgehead atoms. The Morgan fingerprint density at radius 2 is 1.70 bits per heavy atom. The van der Waals surface area contributed by atoms with Crippen LogP contribution in [0.15, 0.2) is 69.8 Å². The number of nitrogens with one attached hydrogen (secondary N) is 1. The number of amides is 1. The minimum Gasteiger partial charge on any atom is -0.305 e. The number of halogens is 1. The van der Waals surface area contributed by atoms with Gasteiger partial charge in [0, 0.05) is 10.0 Å². The normalized spacial score (nSPS) is 16.1. The number of rotatable bonds is 2. The molecule has 1 aliphatic heterocycles. The fourth-order valence-corrected chi connectivity index (χ4v) is 2.43. The lowest BCUT2D eigenvalue weighted by atomic mass is 10.2. The maximum Gasteiger partial charge on any atom is 0.275 e. The van der Waals surface area contributed by atoms with Crippen LogP contribution in [-0.4, -0.2) is 11.7 Å². The van der Waals surface area contributed by atoms with Gasteiger partial charge in [-0.25, -0.2) is 4.99 Å². The Morgan fingerprint density at radius 1 is 1.00 bits per heavy atom. The summed E-state index contributed by atoms with van der Waals surface area (Å²) in [6, 6.07) is 17.3. The minimum absolute atomic E-state index is 0.181. The molecule has 0 radical (unpaired) electrons. The van der Waals surface area contributed by atoms with Crippen molar-refractivity contribution in [1.29, 1.82) is 0 Å². The van der Waals surface area contributed by atoms with Crippen molar-refractivity contribution in [3.8, 4) is 0 Å². The van der Waals surface area contributed by atoms with Gasteiger partial charge in [0.2, 0.25) is 0 Å². The highest BCUT2D eigenvalue weighted by atomic mass is 79.9. The third-order valence-corrected chi connectivity index (χ3v) is 3.62. The molecule has 3 nitrogen and oxygen atoms in total. The summed E-state index contributed by atoms with van der Waals surface area (Å²) in [5.41, 5.74) is 2.24. The summed E-state index contributed by atoms with van der Waals surface area (Å²) >= 11 is 3.46. The Hall–Kier alpha value is -2.20. The quantitative estimate of drug-likeness (QED) is 0.844. The minimum atomic E-state index is -0.181. The second-order valence-electron chi connectivity index (χ2n) is 4.33. The molecule has 1 N–H and O–H groups in total. The molecule has 3 rings (SSSR count). The van der Waals surface area contributed by atoms with E-state index < -0.39 is 0 Å². The second-order valence-corrected chi connectivity index (χ2v) is 5.19. The molecule has 4 heteroatoms. The van der Waals surface area contributed by atoms with Gasteiger partial charge in [0.25, 0.3) is 5.91 Å². The lowest BCUT2D eigenvalue weighted by molar-refractivity contribution is -0.115. The van der Waals surface area contributed by atoms with Gasteiger partial charge < -0.3 is 5.32 Å². The molecule has 98 valence electrons. The molecule has 2 aromatic rings. The van der Waals surface area contributed by atoms with E-state index in [0.717, 1.165) is 15.6 Å². The topological polar surface area (TPSA) is 41.5 Å². The zero-order chi connectivity index (χ0) is 13.9. The molecule has 0 unspecified atom stereocenters. The Labute approximate surface area is 125 Å². The molecule has 0 saturated heterocycles. The molecule has 0 aliphatic carbocycles. The average Bonchev–Trinajstić information content (AvgIpc) is 2.81. The van der Waals surface area contributed by atoms with Crippen molar-refractivity contribution in [3.63, 3.8) is 0 Å². The molecule has 0 spiro atoms. The van der Waals surface area contributed by atoms with Gasteiger partial charge in [-0.3, -0.25) is 4.79 Å². The highest BCUT2D eigenvalue weighted by molar-refractivity contribution is 9.10. The molecular weight excluding hydrogens is 316 g/mol. The molecule has 0 fully saturated rings. The van der Waals surface area contributed by atoms with E-state index in [2.05, 4.69) is 26.2 Å². The second kappa shape index (κ2) is 5.43. The maximum absolute atomic E-state index is 12.0. The summed E-state index contributed by atoms with van der Waals surface area (Å²) in [7, 11) is 0. The molecule has 1 heterocycles. The lowest BCUT2D eigenvalue weighted by Gasteiger charge is -2.02. The highest BCUT2D eigenvalue weighted by Crippen LogP contribution is 2.20. The van der Waals surface area contributed by atoms with E-state index in [1.165, 1.54) is 0 Å². The molecule has 20 heavy (non-hydrogen) atoms. The zero-order valence-electron chi connectivity index (χ0n) is 10.5.